The predicted molar refractivity (Wildman–Crippen MR) is 60.8 cm³/mol. The molecular weight excluding hydrogens is 228 g/mol. The molecule has 0 spiro atoms. The lowest BCUT2D eigenvalue weighted by Gasteiger charge is -2.23. The van der Waals surface area contributed by atoms with E-state index in [9.17, 15) is 9.59 Å². The summed E-state index contributed by atoms with van der Waals surface area (Å²) < 4.78 is 4.83. The van der Waals surface area contributed by atoms with Crippen LogP contribution in [0.3, 0.4) is 0 Å². The third-order valence-electron chi connectivity index (χ3n) is 2.23. The van der Waals surface area contributed by atoms with Gasteiger partial charge in [0.1, 0.15) is 6.04 Å². The number of carboxylic acids is 1. The number of aliphatic hydroxyl groups excluding tert-OH is 1. The van der Waals surface area contributed by atoms with Crippen molar-refractivity contribution < 1.29 is 24.5 Å². The minimum absolute atomic E-state index is 0.144. The fourth-order valence-corrected chi connectivity index (χ4v) is 1.22. The largest absolute Gasteiger partial charge is 0.480 e. The standard InChI is InChI=1S/C10H20N2O5/c1-3-8(9(14)15)11-10(16)12(4-6-13)5-7-17-2/h8,13H,3-7H2,1-2H3,(H,11,16)(H,14,15)/t8-/m1/s1. The van der Waals surface area contributed by atoms with E-state index in [-0.39, 0.29) is 13.2 Å². The molecule has 0 saturated heterocycles. The monoisotopic (exact) mass is 248 g/mol. The summed E-state index contributed by atoms with van der Waals surface area (Å²) in [6.45, 7) is 2.27. The summed E-state index contributed by atoms with van der Waals surface area (Å²) in [5, 5.41) is 20.0. The van der Waals surface area contributed by atoms with E-state index in [2.05, 4.69) is 5.32 Å². The molecule has 7 nitrogen and oxygen atoms in total. The van der Waals surface area contributed by atoms with Gasteiger partial charge in [-0.05, 0) is 6.42 Å². The highest BCUT2D eigenvalue weighted by Crippen LogP contribution is 1.95. The van der Waals surface area contributed by atoms with Crippen LogP contribution in [0.2, 0.25) is 0 Å². The van der Waals surface area contributed by atoms with E-state index < -0.39 is 18.0 Å². The van der Waals surface area contributed by atoms with E-state index in [4.69, 9.17) is 14.9 Å². The molecule has 0 rings (SSSR count). The summed E-state index contributed by atoms with van der Waals surface area (Å²) in [6, 6.07) is -1.42. The van der Waals surface area contributed by atoms with Gasteiger partial charge in [-0.2, -0.15) is 0 Å². The number of carbonyl (C=O) groups is 2. The van der Waals surface area contributed by atoms with Crippen LogP contribution in [0.25, 0.3) is 0 Å². The maximum absolute atomic E-state index is 11.7. The van der Waals surface area contributed by atoms with Crippen molar-refractivity contribution in [3.05, 3.63) is 0 Å². The Kier molecular flexibility index (Phi) is 8.08. The summed E-state index contributed by atoms with van der Waals surface area (Å²) in [6.07, 6.45) is 0.304. The van der Waals surface area contributed by atoms with Gasteiger partial charge in [0.15, 0.2) is 0 Å². The van der Waals surface area contributed by atoms with Crippen LogP contribution in [0.5, 0.6) is 0 Å². The highest BCUT2D eigenvalue weighted by atomic mass is 16.5. The molecule has 0 bridgehead atoms. The number of ether oxygens (including phenoxy) is 1. The zero-order valence-electron chi connectivity index (χ0n) is 10.2. The third kappa shape index (κ3) is 6.08. The van der Waals surface area contributed by atoms with E-state index in [0.29, 0.717) is 19.6 Å². The van der Waals surface area contributed by atoms with Crippen molar-refractivity contribution in [2.24, 2.45) is 0 Å². The van der Waals surface area contributed by atoms with Crippen LogP contribution >= 0.6 is 0 Å². The van der Waals surface area contributed by atoms with Crippen molar-refractivity contribution in [2.45, 2.75) is 19.4 Å². The predicted octanol–water partition coefficient (Wildman–Crippen LogP) is -0.500. The van der Waals surface area contributed by atoms with Crippen molar-refractivity contribution in [3.8, 4) is 0 Å². The van der Waals surface area contributed by atoms with Crippen LogP contribution in [-0.4, -0.2) is 66.6 Å². The van der Waals surface area contributed by atoms with Crippen LogP contribution in [-0.2, 0) is 9.53 Å². The van der Waals surface area contributed by atoms with Crippen LogP contribution in [0.1, 0.15) is 13.3 Å². The number of urea groups is 1. The molecule has 0 aromatic carbocycles. The number of hydrogen-bond donors (Lipinski definition) is 3. The Hall–Kier alpha value is -1.34. The molecule has 0 aliphatic rings. The molecule has 0 aromatic rings. The Morgan fingerprint density at radius 1 is 1.41 bits per heavy atom. The summed E-state index contributed by atoms with van der Waals surface area (Å²) in [5.74, 6) is -1.07. The van der Waals surface area contributed by atoms with Gasteiger partial charge in [0.05, 0.1) is 13.2 Å². The molecule has 0 aliphatic heterocycles. The molecule has 3 N–H and O–H groups in total. The highest BCUT2D eigenvalue weighted by Gasteiger charge is 2.21. The maximum atomic E-state index is 11.7. The van der Waals surface area contributed by atoms with Gasteiger partial charge in [0.2, 0.25) is 0 Å². The quantitative estimate of drug-likeness (QED) is 0.538. The normalized spacial score (nSPS) is 11.9. The second-order valence-corrected chi connectivity index (χ2v) is 3.45. The second kappa shape index (κ2) is 8.77. The van der Waals surface area contributed by atoms with Crippen LogP contribution in [0.4, 0.5) is 4.79 Å². The molecule has 0 heterocycles. The molecule has 2 amide bonds. The molecule has 0 fully saturated rings. The molecule has 0 aliphatic carbocycles. The Morgan fingerprint density at radius 3 is 2.47 bits per heavy atom. The molecular formula is C10H20N2O5. The van der Waals surface area contributed by atoms with Gasteiger partial charge in [-0.25, -0.2) is 9.59 Å². The number of nitrogens with one attached hydrogen (secondary N) is 1. The molecule has 0 radical (unpaired) electrons. The van der Waals surface area contributed by atoms with E-state index >= 15 is 0 Å². The van der Waals surface area contributed by atoms with Crippen molar-refractivity contribution in [3.63, 3.8) is 0 Å². The van der Waals surface area contributed by atoms with Crippen molar-refractivity contribution in [1.82, 2.24) is 10.2 Å². The molecule has 0 saturated carbocycles. The Morgan fingerprint density at radius 2 is 2.06 bits per heavy atom. The fraction of sp³-hybridized carbons (Fsp3) is 0.800. The van der Waals surface area contributed by atoms with Gasteiger partial charge in [-0.1, -0.05) is 6.92 Å². The van der Waals surface area contributed by atoms with Crippen molar-refractivity contribution in [2.75, 3.05) is 33.4 Å². The lowest BCUT2D eigenvalue weighted by atomic mass is 10.2. The van der Waals surface area contributed by atoms with Crippen LogP contribution in [0, 0.1) is 0 Å². The molecule has 0 unspecified atom stereocenters. The second-order valence-electron chi connectivity index (χ2n) is 3.45. The lowest BCUT2D eigenvalue weighted by Crippen LogP contribution is -2.49. The number of aliphatic hydroxyl groups is 1. The summed E-state index contributed by atoms with van der Waals surface area (Å²) in [7, 11) is 1.50. The number of hydrogen-bond acceptors (Lipinski definition) is 4. The first-order valence-electron chi connectivity index (χ1n) is 5.44. The van der Waals surface area contributed by atoms with E-state index in [0.717, 1.165) is 0 Å². The van der Waals surface area contributed by atoms with E-state index in [1.165, 1.54) is 12.0 Å². The SMILES string of the molecule is CC[C@@H](NC(=O)N(CCO)CCOC)C(=O)O. The Labute approximate surface area is 100 Å². The average Bonchev–Trinajstić information content (AvgIpc) is 2.30. The zero-order valence-corrected chi connectivity index (χ0v) is 10.2. The third-order valence-corrected chi connectivity index (χ3v) is 2.23. The number of carboxylic acid groups (broad SMARTS) is 1. The zero-order chi connectivity index (χ0) is 13.3. The van der Waals surface area contributed by atoms with Crippen LogP contribution in [0.15, 0.2) is 0 Å². The van der Waals surface area contributed by atoms with Gasteiger partial charge in [0, 0.05) is 20.2 Å². The minimum atomic E-state index is -1.07. The fourth-order valence-electron chi connectivity index (χ4n) is 1.22. The van der Waals surface area contributed by atoms with Gasteiger partial charge >= 0.3 is 12.0 Å². The number of methoxy groups -OCH3 is 1. The topological polar surface area (TPSA) is 99.1 Å². The number of aliphatic carboxylic acids is 1. The number of amides is 2. The van der Waals surface area contributed by atoms with Crippen molar-refractivity contribution >= 4 is 12.0 Å². The smallest absolute Gasteiger partial charge is 0.326 e. The summed E-state index contributed by atoms with van der Waals surface area (Å²) >= 11 is 0. The number of nitrogens with zero attached hydrogens (tertiary/aromatic N) is 1. The first-order valence-corrected chi connectivity index (χ1v) is 5.44. The average molecular weight is 248 g/mol. The summed E-state index contributed by atoms with van der Waals surface area (Å²) in [4.78, 5) is 23.8. The number of rotatable bonds is 8. The molecule has 17 heavy (non-hydrogen) atoms. The summed E-state index contributed by atoms with van der Waals surface area (Å²) in [5.41, 5.74) is 0. The molecule has 100 valence electrons. The number of carbonyl (C=O) groups excluding carboxylic acids is 1. The Balaban J connectivity index is 4.33. The maximum Gasteiger partial charge on any atom is 0.326 e. The molecule has 1 atom stereocenters. The highest BCUT2D eigenvalue weighted by molar-refractivity contribution is 5.82. The Bertz CT molecular complexity index is 247. The minimum Gasteiger partial charge on any atom is -0.480 e. The molecule has 0 aromatic heterocycles. The van der Waals surface area contributed by atoms with Gasteiger partial charge in [0.25, 0.3) is 0 Å². The van der Waals surface area contributed by atoms with Gasteiger partial charge in [-0.15, -0.1) is 0 Å². The van der Waals surface area contributed by atoms with Gasteiger partial charge < -0.3 is 25.2 Å². The van der Waals surface area contributed by atoms with E-state index in [1.807, 2.05) is 0 Å². The molecule has 7 heteroatoms. The lowest BCUT2D eigenvalue weighted by molar-refractivity contribution is -0.139. The first-order chi connectivity index (χ1) is 8.06. The van der Waals surface area contributed by atoms with Crippen LogP contribution < -0.4 is 5.32 Å². The van der Waals surface area contributed by atoms with Gasteiger partial charge in [-0.3, -0.25) is 0 Å². The first kappa shape index (κ1) is 15.7. The van der Waals surface area contributed by atoms with E-state index in [1.54, 1.807) is 6.92 Å². The van der Waals surface area contributed by atoms with Crippen molar-refractivity contribution in [1.29, 1.82) is 0 Å².